The van der Waals surface area contributed by atoms with Crippen LogP contribution in [0.2, 0.25) is 0 Å². The Morgan fingerprint density at radius 1 is 1.09 bits per heavy atom. The molecule has 1 rings (SSSR count). The second kappa shape index (κ2) is 8.41. The van der Waals surface area contributed by atoms with Gasteiger partial charge in [0.1, 0.15) is 5.75 Å². The quantitative estimate of drug-likeness (QED) is 0.578. The molecular weight excluding hydrogens is 292 g/mol. The number of aliphatic hydroxyl groups is 2. The van der Waals surface area contributed by atoms with E-state index in [-0.39, 0.29) is 26.2 Å². The van der Waals surface area contributed by atoms with Crippen molar-refractivity contribution in [3.05, 3.63) is 29.8 Å². The second-order valence-electron chi connectivity index (χ2n) is 5.84. The van der Waals surface area contributed by atoms with Gasteiger partial charge in [-0.3, -0.25) is 0 Å². The van der Waals surface area contributed by atoms with Gasteiger partial charge in [0, 0.05) is 6.42 Å². The molecule has 0 heterocycles. The first-order chi connectivity index (χ1) is 10.3. The summed E-state index contributed by atoms with van der Waals surface area (Å²) >= 11 is 0. The third kappa shape index (κ3) is 7.15. The molecule has 0 fully saturated rings. The Kier molecular flexibility index (Phi) is 7.19. The average Bonchev–Trinajstić information content (AvgIpc) is 2.49. The van der Waals surface area contributed by atoms with Crippen molar-refractivity contribution in [3.63, 3.8) is 0 Å². The summed E-state index contributed by atoms with van der Waals surface area (Å²) < 4.78 is 30.7. The van der Waals surface area contributed by atoms with Crippen LogP contribution >= 0.6 is 0 Å². The predicted octanol–water partition coefficient (Wildman–Crippen LogP) is 2.12. The molecule has 0 spiro atoms. The maximum Gasteiger partial charge on any atom is 0.245 e. The maximum atomic E-state index is 12.6. The van der Waals surface area contributed by atoms with E-state index >= 15 is 0 Å². The summed E-state index contributed by atoms with van der Waals surface area (Å²) in [4.78, 5) is 0. The van der Waals surface area contributed by atoms with Crippen molar-refractivity contribution in [1.82, 2.24) is 0 Å². The van der Waals surface area contributed by atoms with E-state index in [2.05, 4.69) is 0 Å². The largest absolute Gasteiger partial charge is 0.494 e. The minimum Gasteiger partial charge on any atom is -0.494 e. The van der Waals surface area contributed by atoms with Gasteiger partial charge in [-0.1, -0.05) is 12.1 Å². The van der Waals surface area contributed by atoms with Crippen LogP contribution in [0.4, 0.5) is 8.78 Å². The van der Waals surface area contributed by atoms with Gasteiger partial charge in [-0.15, -0.1) is 0 Å². The number of aryl methyl sites for hydroxylation is 1. The van der Waals surface area contributed by atoms with Crippen molar-refractivity contribution in [2.75, 3.05) is 19.8 Å². The lowest BCUT2D eigenvalue weighted by Gasteiger charge is -2.24. The van der Waals surface area contributed by atoms with Crippen molar-refractivity contribution in [1.29, 1.82) is 0 Å². The fourth-order valence-corrected chi connectivity index (χ4v) is 1.93. The van der Waals surface area contributed by atoms with Crippen LogP contribution in [0.5, 0.6) is 5.75 Å². The summed E-state index contributed by atoms with van der Waals surface area (Å²) in [5.41, 5.74) is 5.84. The molecule has 0 radical (unpaired) electrons. The Hall–Kier alpha value is -1.24. The Labute approximate surface area is 129 Å². The molecule has 0 amide bonds. The second-order valence-corrected chi connectivity index (χ2v) is 5.84. The van der Waals surface area contributed by atoms with Gasteiger partial charge >= 0.3 is 0 Å². The molecule has 1 aromatic rings. The van der Waals surface area contributed by atoms with Crippen LogP contribution in [0, 0.1) is 0 Å². The summed E-state index contributed by atoms with van der Waals surface area (Å²) in [7, 11) is 0. The van der Waals surface area contributed by atoms with E-state index in [1.54, 1.807) is 12.1 Å². The summed E-state index contributed by atoms with van der Waals surface area (Å²) in [6.07, 6.45) is 1.20. The maximum absolute atomic E-state index is 12.6. The number of ether oxygens (including phenoxy) is 1. The SMILES string of the molecule is CC(F)(F)CCCOc1ccc(CCC(N)(CO)CO)cc1. The zero-order valence-electron chi connectivity index (χ0n) is 12.9. The Balaban J connectivity index is 2.37. The topological polar surface area (TPSA) is 75.7 Å². The highest BCUT2D eigenvalue weighted by Crippen LogP contribution is 2.20. The van der Waals surface area contributed by atoms with Crippen molar-refractivity contribution in [3.8, 4) is 5.75 Å². The van der Waals surface area contributed by atoms with Gasteiger partial charge < -0.3 is 20.7 Å². The number of aliphatic hydroxyl groups excluding tert-OH is 2. The molecule has 22 heavy (non-hydrogen) atoms. The van der Waals surface area contributed by atoms with Gasteiger partial charge in [-0.05, 0) is 43.9 Å². The van der Waals surface area contributed by atoms with E-state index in [4.69, 9.17) is 20.7 Å². The monoisotopic (exact) mass is 317 g/mol. The summed E-state index contributed by atoms with van der Waals surface area (Å²) in [6, 6.07) is 7.27. The van der Waals surface area contributed by atoms with E-state index in [1.165, 1.54) is 0 Å². The lowest BCUT2D eigenvalue weighted by atomic mass is 9.94. The van der Waals surface area contributed by atoms with E-state index in [0.717, 1.165) is 12.5 Å². The number of alkyl halides is 2. The highest BCUT2D eigenvalue weighted by molar-refractivity contribution is 5.27. The van der Waals surface area contributed by atoms with E-state index in [9.17, 15) is 8.78 Å². The van der Waals surface area contributed by atoms with Crippen LogP contribution in [0.3, 0.4) is 0 Å². The summed E-state index contributed by atoms with van der Waals surface area (Å²) in [5.74, 6) is -2.02. The van der Waals surface area contributed by atoms with Gasteiger partial charge in [0.2, 0.25) is 5.92 Å². The first kappa shape index (κ1) is 18.8. The molecule has 6 heteroatoms. The zero-order chi connectivity index (χ0) is 16.6. The molecule has 0 unspecified atom stereocenters. The Bertz CT molecular complexity index is 428. The minimum atomic E-state index is -2.65. The van der Waals surface area contributed by atoms with Gasteiger partial charge in [0.15, 0.2) is 0 Å². The third-order valence-corrected chi connectivity index (χ3v) is 3.49. The van der Waals surface area contributed by atoms with Crippen LogP contribution in [0.25, 0.3) is 0 Å². The molecule has 0 aromatic heterocycles. The van der Waals surface area contributed by atoms with Gasteiger partial charge in [0.05, 0.1) is 25.4 Å². The number of benzene rings is 1. The number of hydrogen-bond acceptors (Lipinski definition) is 4. The smallest absolute Gasteiger partial charge is 0.245 e. The molecule has 0 aliphatic carbocycles. The van der Waals surface area contributed by atoms with Crippen molar-refractivity contribution < 1.29 is 23.7 Å². The fraction of sp³-hybridized carbons (Fsp3) is 0.625. The normalized spacial score (nSPS) is 12.5. The highest BCUT2D eigenvalue weighted by atomic mass is 19.3. The third-order valence-electron chi connectivity index (χ3n) is 3.49. The number of hydrogen-bond donors (Lipinski definition) is 3. The van der Waals surface area contributed by atoms with Crippen LogP contribution in [-0.2, 0) is 6.42 Å². The van der Waals surface area contributed by atoms with Crippen molar-refractivity contribution in [2.45, 2.75) is 44.1 Å². The summed E-state index contributed by atoms with van der Waals surface area (Å²) in [6.45, 7) is 0.612. The molecule has 126 valence electrons. The van der Waals surface area contributed by atoms with E-state index < -0.39 is 11.5 Å². The molecule has 0 saturated heterocycles. The predicted molar refractivity (Wildman–Crippen MR) is 81.2 cm³/mol. The van der Waals surface area contributed by atoms with Gasteiger partial charge in [-0.2, -0.15) is 0 Å². The standard InChI is InChI=1S/C16H25F2NO3/c1-15(17,18)8-2-10-22-14-5-3-13(4-6-14)7-9-16(19,11-20)12-21/h3-6,20-21H,2,7-12,19H2,1H3. The van der Waals surface area contributed by atoms with Gasteiger partial charge in [-0.25, -0.2) is 8.78 Å². The van der Waals surface area contributed by atoms with E-state index in [0.29, 0.717) is 25.0 Å². The van der Waals surface area contributed by atoms with Crippen LogP contribution in [0.1, 0.15) is 31.7 Å². The lowest BCUT2D eigenvalue weighted by molar-refractivity contribution is 0.00769. The first-order valence-corrected chi connectivity index (χ1v) is 7.38. The molecule has 4 nitrogen and oxygen atoms in total. The summed E-state index contributed by atoms with van der Waals surface area (Å²) in [5, 5.41) is 18.3. The molecular formula is C16H25F2NO3. The Morgan fingerprint density at radius 3 is 2.18 bits per heavy atom. The Morgan fingerprint density at radius 2 is 1.68 bits per heavy atom. The molecule has 1 aromatic carbocycles. The lowest BCUT2D eigenvalue weighted by Crippen LogP contribution is -2.47. The fourth-order valence-electron chi connectivity index (χ4n) is 1.93. The molecule has 0 aliphatic rings. The van der Waals surface area contributed by atoms with Crippen LogP contribution in [0.15, 0.2) is 24.3 Å². The number of rotatable bonds is 10. The minimum absolute atomic E-state index is 0.189. The number of nitrogens with two attached hydrogens (primary N) is 1. The molecule has 0 saturated carbocycles. The van der Waals surface area contributed by atoms with Crippen molar-refractivity contribution in [2.24, 2.45) is 5.73 Å². The average molecular weight is 317 g/mol. The molecule has 4 N–H and O–H groups in total. The van der Waals surface area contributed by atoms with Crippen LogP contribution < -0.4 is 10.5 Å². The number of halogens is 2. The molecule has 0 aliphatic heterocycles. The first-order valence-electron chi connectivity index (χ1n) is 7.38. The highest BCUT2D eigenvalue weighted by Gasteiger charge is 2.22. The van der Waals surface area contributed by atoms with E-state index in [1.807, 2.05) is 12.1 Å². The molecule has 0 atom stereocenters. The molecule has 0 bridgehead atoms. The zero-order valence-corrected chi connectivity index (χ0v) is 12.9. The van der Waals surface area contributed by atoms with Crippen molar-refractivity contribution >= 4 is 0 Å². The van der Waals surface area contributed by atoms with Gasteiger partial charge in [0.25, 0.3) is 0 Å². The van der Waals surface area contributed by atoms with Crippen LogP contribution in [-0.4, -0.2) is 41.5 Å².